The lowest BCUT2D eigenvalue weighted by molar-refractivity contribution is 0.0951. The van der Waals surface area contributed by atoms with Crippen LogP contribution in [0.4, 0.5) is 8.78 Å². The van der Waals surface area contributed by atoms with Gasteiger partial charge in [0.15, 0.2) is 5.82 Å². The smallest absolute Gasteiger partial charge is 0.295 e. The minimum atomic E-state index is -2.69. The maximum Gasteiger partial charge on any atom is 0.295 e. The molecule has 2 aromatic carbocycles. The molecule has 0 atom stereocenters. The Morgan fingerprint density at radius 2 is 1.93 bits per heavy atom. The van der Waals surface area contributed by atoms with E-state index in [-0.39, 0.29) is 5.91 Å². The van der Waals surface area contributed by atoms with Gasteiger partial charge in [0, 0.05) is 18.3 Å². The average molecular weight is 408 g/mol. The summed E-state index contributed by atoms with van der Waals surface area (Å²) >= 11 is 0. The number of alkyl halides is 2. The second-order valence-corrected chi connectivity index (χ2v) is 6.59. The van der Waals surface area contributed by atoms with Crippen molar-refractivity contribution in [3.8, 4) is 5.75 Å². The molecule has 152 valence electrons. The molecule has 0 bridgehead atoms. The van der Waals surface area contributed by atoms with E-state index in [0.717, 1.165) is 11.3 Å². The summed E-state index contributed by atoms with van der Waals surface area (Å²) in [5.41, 5.74) is 2.89. The number of hydrogen-bond acceptors (Lipinski definition) is 4. The van der Waals surface area contributed by atoms with E-state index in [2.05, 4.69) is 20.3 Å². The topological polar surface area (TPSA) is 79.9 Å². The zero-order chi connectivity index (χ0) is 20.9. The number of pyridine rings is 1. The molecular weight excluding hydrogens is 390 g/mol. The summed E-state index contributed by atoms with van der Waals surface area (Å²) in [6.07, 6.45) is -0.975. The fraction of sp³-hybridized carbons (Fsp3) is 0.136. The molecule has 0 unspecified atom stereocenters. The highest BCUT2D eigenvalue weighted by molar-refractivity contribution is 5.97. The summed E-state index contributed by atoms with van der Waals surface area (Å²) in [7, 11) is 0. The van der Waals surface area contributed by atoms with E-state index in [4.69, 9.17) is 4.74 Å². The Hall–Kier alpha value is -3.81. The zero-order valence-corrected chi connectivity index (χ0v) is 15.8. The summed E-state index contributed by atoms with van der Waals surface area (Å²) in [4.78, 5) is 22.9. The molecule has 4 rings (SSSR count). The van der Waals surface area contributed by atoms with Gasteiger partial charge in [-0.05, 0) is 48.0 Å². The van der Waals surface area contributed by atoms with Gasteiger partial charge in [-0.15, -0.1) is 0 Å². The predicted octanol–water partition coefficient (Wildman–Crippen LogP) is 4.40. The van der Waals surface area contributed by atoms with Crippen LogP contribution in [0.1, 0.15) is 33.9 Å². The molecule has 8 heteroatoms. The number of ether oxygens (including phenoxy) is 1. The number of hydrogen-bond donors (Lipinski definition) is 2. The molecule has 0 radical (unpaired) electrons. The van der Waals surface area contributed by atoms with Crippen LogP contribution in [0, 0.1) is 0 Å². The predicted molar refractivity (Wildman–Crippen MR) is 107 cm³/mol. The number of halogens is 2. The minimum absolute atomic E-state index is 0.305. The Bertz CT molecular complexity index is 1140. The number of imidazole rings is 1. The van der Waals surface area contributed by atoms with Gasteiger partial charge in [-0.2, -0.15) is 0 Å². The standard InChI is InChI=1S/C22H18F2N4O2/c23-20(24)21-27-18-9-6-15(11-19(18)28-21)22(29)26-12-14-4-7-17(8-5-14)30-13-16-3-1-2-10-25-16/h1-11,20H,12-13H2,(H,26,29)(H,27,28). The molecule has 2 N–H and O–H groups in total. The number of aromatic nitrogens is 3. The number of nitrogens with zero attached hydrogens (tertiary/aromatic N) is 2. The van der Waals surface area contributed by atoms with Crippen molar-refractivity contribution >= 4 is 16.9 Å². The maximum atomic E-state index is 12.8. The summed E-state index contributed by atoms with van der Waals surface area (Å²) in [6, 6.07) is 17.6. The van der Waals surface area contributed by atoms with E-state index < -0.39 is 12.2 Å². The number of rotatable bonds is 7. The minimum Gasteiger partial charge on any atom is -0.487 e. The monoisotopic (exact) mass is 408 g/mol. The second kappa shape index (κ2) is 8.69. The van der Waals surface area contributed by atoms with Gasteiger partial charge < -0.3 is 15.0 Å². The van der Waals surface area contributed by atoms with Crippen molar-refractivity contribution in [3.63, 3.8) is 0 Å². The summed E-state index contributed by atoms with van der Waals surface area (Å²) in [5, 5.41) is 2.81. The molecule has 0 fully saturated rings. The van der Waals surface area contributed by atoms with E-state index in [9.17, 15) is 13.6 Å². The van der Waals surface area contributed by atoms with Crippen molar-refractivity contribution in [1.82, 2.24) is 20.3 Å². The Labute approximate surface area is 170 Å². The van der Waals surface area contributed by atoms with E-state index >= 15 is 0 Å². The van der Waals surface area contributed by atoms with Gasteiger partial charge in [0.25, 0.3) is 12.3 Å². The largest absolute Gasteiger partial charge is 0.487 e. The van der Waals surface area contributed by atoms with Gasteiger partial charge in [0.1, 0.15) is 12.4 Å². The highest BCUT2D eigenvalue weighted by atomic mass is 19.3. The van der Waals surface area contributed by atoms with Crippen LogP contribution in [0.3, 0.4) is 0 Å². The normalized spacial score (nSPS) is 11.0. The van der Waals surface area contributed by atoms with Gasteiger partial charge >= 0.3 is 0 Å². The highest BCUT2D eigenvalue weighted by Crippen LogP contribution is 2.21. The lowest BCUT2D eigenvalue weighted by Crippen LogP contribution is -2.22. The Balaban J connectivity index is 1.33. The molecule has 2 aromatic heterocycles. The fourth-order valence-electron chi connectivity index (χ4n) is 2.90. The van der Waals surface area contributed by atoms with Crippen molar-refractivity contribution in [3.05, 3.63) is 89.5 Å². The molecule has 0 aliphatic carbocycles. The fourth-order valence-corrected chi connectivity index (χ4v) is 2.90. The number of nitrogens with one attached hydrogen (secondary N) is 2. The molecule has 0 saturated carbocycles. The van der Waals surface area contributed by atoms with Crippen LogP contribution in [-0.2, 0) is 13.2 Å². The quantitative estimate of drug-likeness (QED) is 0.475. The van der Waals surface area contributed by atoms with Crippen LogP contribution in [-0.4, -0.2) is 20.9 Å². The number of aromatic amines is 1. The third-order valence-corrected chi connectivity index (χ3v) is 4.46. The van der Waals surface area contributed by atoms with Crippen molar-refractivity contribution < 1.29 is 18.3 Å². The maximum absolute atomic E-state index is 12.8. The first-order valence-electron chi connectivity index (χ1n) is 9.26. The van der Waals surface area contributed by atoms with Gasteiger partial charge in [-0.3, -0.25) is 9.78 Å². The number of carbonyl (C=O) groups is 1. The number of benzene rings is 2. The van der Waals surface area contributed by atoms with Crippen LogP contribution in [0.25, 0.3) is 11.0 Å². The van der Waals surface area contributed by atoms with Crippen LogP contribution < -0.4 is 10.1 Å². The molecule has 1 amide bonds. The highest BCUT2D eigenvalue weighted by Gasteiger charge is 2.14. The first-order valence-corrected chi connectivity index (χ1v) is 9.26. The third kappa shape index (κ3) is 4.60. The van der Waals surface area contributed by atoms with E-state index in [1.165, 1.54) is 6.07 Å². The number of H-pyrrole nitrogens is 1. The van der Waals surface area contributed by atoms with Crippen molar-refractivity contribution in [2.24, 2.45) is 0 Å². The molecule has 0 spiro atoms. The van der Waals surface area contributed by atoms with E-state index in [1.807, 2.05) is 42.5 Å². The SMILES string of the molecule is O=C(NCc1ccc(OCc2ccccn2)cc1)c1ccc2nc(C(F)F)[nH]c2c1. The molecular formula is C22H18F2N4O2. The third-order valence-electron chi connectivity index (χ3n) is 4.46. The zero-order valence-electron chi connectivity index (χ0n) is 15.8. The van der Waals surface area contributed by atoms with Gasteiger partial charge in [-0.1, -0.05) is 18.2 Å². The van der Waals surface area contributed by atoms with Crippen LogP contribution in [0.2, 0.25) is 0 Å². The molecule has 4 aromatic rings. The molecule has 6 nitrogen and oxygen atoms in total. The molecule has 30 heavy (non-hydrogen) atoms. The summed E-state index contributed by atoms with van der Waals surface area (Å²) < 4.78 is 31.2. The molecule has 0 aliphatic rings. The number of fused-ring (bicyclic) bond motifs is 1. The van der Waals surface area contributed by atoms with Crippen LogP contribution in [0.15, 0.2) is 66.9 Å². The van der Waals surface area contributed by atoms with E-state index in [1.54, 1.807) is 18.3 Å². The van der Waals surface area contributed by atoms with E-state index in [0.29, 0.717) is 35.5 Å². The summed E-state index contributed by atoms with van der Waals surface area (Å²) in [5.74, 6) is -0.0104. The summed E-state index contributed by atoms with van der Waals surface area (Å²) in [6.45, 7) is 0.697. The Morgan fingerprint density at radius 1 is 1.10 bits per heavy atom. The van der Waals surface area contributed by atoms with Crippen molar-refractivity contribution in [1.29, 1.82) is 0 Å². The first kappa shape index (κ1) is 19.5. The Kier molecular flexibility index (Phi) is 5.65. The second-order valence-electron chi connectivity index (χ2n) is 6.59. The van der Waals surface area contributed by atoms with Gasteiger partial charge in [0.2, 0.25) is 0 Å². The van der Waals surface area contributed by atoms with Crippen LogP contribution in [0.5, 0.6) is 5.75 Å². The van der Waals surface area contributed by atoms with Crippen molar-refractivity contribution in [2.45, 2.75) is 19.6 Å². The number of carbonyl (C=O) groups excluding carboxylic acids is 1. The molecule has 2 heterocycles. The first-order chi connectivity index (χ1) is 14.6. The van der Waals surface area contributed by atoms with Crippen molar-refractivity contribution in [2.75, 3.05) is 0 Å². The average Bonchev–Trinajstić information content (AvgIpc) is 3.21. The van der Waals surface area contributed by atoms with Crippen LogP contribution >= 0.6 is 0 Å². The number of amides is 1. The Morgan fingerprint density at radius 3 is 2.67 bits per heavy atom. The molecule has 0 aliphatic heterocycles. The lowest BCUT2D eigenvalue weighted by Gasteiger charge is -2.08. The van der Waals surface area contributed by atoms with Gasteiger partial charge in [-0.25, -0.2) is 13.8 Å². The van der Waals surface area contributed by atoms with Gasteiger partial charge in [0.05, 0.1) is 16.7 Å². The molecule has 0 saturated heterocycles. The lowest BCUT2D eigenvalue weighted by atomic mass is 10.1.